The van der Waals surface area contributed by atoms with Crippen LogP contribution in [0.3, 0.4) is 0 Å². The first-order chi connectivity index (χ1) is 14.5. The lowest BCUT2D eigenvalue weighted by Gasteiger charge is -2.17. The normalized spacial score (nSPS) is 13.4. The second-order valence-electron chi connectivity index (χ2n) is 6.48. The highest BCUT2D eigenvalue weighted by atomic mass is 79.9. The van der Waals surface area contributed by atoms with Gasteiger partial charge in [-0.3, -0.25) is 4.79 Å². The number of rotatable bonds is 4. The standard InChI is InChI=1S/C21H17BrFNO4.C2H6/c1-2-27-21(26)19-14-10-15(22)16(24-9-3-4-18(24)25)11-17(14)28-20(19)12-5-7-13(23)8-6-12;1-2/h5-8,10-11H,2-4,9H2,1H3;1-2H3. The summed E-state index contributed by atoms with van der Waals surface area (Å²) in [6.45, 7) is 6.58. The van der Waals surface area contributed by atoms with Gasteiger partial charge in [-0.25, -0.2) is 9.18 Å². The van der Waals surface area contributed by atoms with Crippen LogP contribution in [-0.2, 0) is 9.53 Å². The quantitative estimate of drug-likeness (QED) is 0.413. The number of hydrogen-bond donors (Lipinski definition) is 0. The molecule has 5 nitrogen and oxygen atoms in total. The van der Waals surface area contributed by atoms with Crippen LogP contribution in [0, 0.1) is 5.82 Å². The van der Waals surface area contributed by atoms with Gasteiger partial charge in [-0.05, 0) is 59.6 Å². The molecule has 0 aliphatic carbocycles. The molecule has 0 N–H and O–H groups in total. The highest BCUT2D eigenvalue weighted by Gasteiger charge is 2.28. The first kappa shape index (κ1) is 22.0. The molecule has 2 aromatic carbocycles. The van der Waals surface area contributed by atoms with Crippen molar-refractivity contribution in [2.24, 2.45) is 0 Å². The van der Waals surface area contributed by atoms with E-state index >= 15 is 0 Å². The van der Waals surface area contributed by atoms with E-state index in [-0.39, 0.29) is 23.9 Å². The Morgan fingerprint density at radius 3 is 2.53 bits per heavy atom. The van der Waals surface area contributed by atoms with E-state index in [9.17, 15) is 14.0 Å². The number of furan rings is 1. The Hall–Kier alpha value is -2.67. The lowest BCUT2D eigenvalue weighted by molar-refractivity contribution is -0.117. The Bertz CT molecular complexity index is 1070. The summed E-state index contributed by atoms with van der Waals surface area (Å²) >= 11 is 3.51. The zero-order valence-electron chi connectivity index (χ0n) is 17.1. The first-order valence-corrected chi connectivity index (χ1v) is 10.8. The molecule has 1 aliphatic rings. The predicted molar refractivity (Wildman–Crippen MR) is 118 cm³/mol. The minimum Gasteiger partial charge on any atom is -0.462 e. The second-order valence-corrected chi connectivity index (χ2v) is 7.34. The van der Waals surface area contributed by atoms with Gasteiger partial charge in [0.2, 0.25) is 5.91 Å². The lowest BCUT2D eigenvalue weighted by atomic mass is 10.1. The van der Waals surface area contributed by atoms with Crippen LogP contribution in [0.4, 0.5) is 10.1 Å². The summed E-state index contributed by atoms with van der Waals surface area (Å²) < 4.78 is 25.2. The number of nitrogens with zero attached hydrogens (tertiary/aromatic N) is 1. The molecule has 0 atom stereocenters. The molecular weight excluding hydrogens is 453 g/mol. The molecule has 0 saturated carbocycles. The molecular formula is C23H23BrFNO4. The molecule has 30 heavy (non-hydrogen) atoms. The van der Waals surface area contributed by atoms with Gasteiger partial charge >= 0.3 is 5.97 Å². The molecule has 7 heteroatoms. The fourth-order valence-corrected chi connectivity index (χ4v) is 3.98. The first-order valence-electron chi connectivity index (χ1n) is 9.99. The molecule has 0 radical (unpaired) electrons. The van der Waals surface area contributed by atoms with Gasteiger partial charge in [-0.1, -0.05) is 13.8 Å². The van der Waals surface area contributed by atoms with Crippen molar-refractivity contribution in [1.82, 2.24) is 0 Å². The lowest BCUT2D eigenvalue weighted by Crippen LogP contribution is -2.23. The summed E-state index contributed by atoms with van der Waals surface area (Å²) in [5.74, 6) is -0.533. The number of ether oxygens (including phenoxy) is 1. The molecule has 1 saturated heterocycles. The molecule has 0 unspecified atom stereocenters. The fourth-order valence-electron chi connectivity index (χ4n) is 3.43. The number of amides is 1. The molecule has 1 aliphatic heterocycles. The Balaban J connectivity index is 0.00000124. The zero-order valence-corrected chi connectivity index (χ0v) is 18.7. The van der Waals surface area contributed by atoms with Crippen LogP contribution >= 0.6 is 15.9 Å². The maximum absolute atomic E-state index is 13.3. The van der Waals surface area contributed by atoms with E-state index < -0.39 is 5.97 Å². The third-order valence-electron chi connectivity index (χ3n) is 4.71. The predicted octanol–water partition coefficient (Wildman–Crippen LogP) is 6.33. The number of anilines is 1. The van der Waals surface area contributed by atoms with E-state index in [4.69, 9.17) is 9.15 Å². The summed E-state index contributed by atoms with van der Waals surface area (Å²) in [7, 11) is 0. The molecule has 0 bridgehead atoms. The summed E-state index contributed by atoms with van der Waals surface area (Å²) in [6, 6.07) is 9.23. The highest BCUT2D eigenvalue weighted by molar-refractivity contribution is 9.10. The minimum absolute atomic E-state index is 0.0518. The monoisotopic (exact) mass is 475 g/mol. The topological polar surface area (TPSA) is 59.8 Å². The molecule has 0 spiro atoms. The van der Waals surface area contributed by atoms with E-state index in [1.54, 1.807) is 36.1 Å². The average molecular weight is 476 g/mol. The van der Waals surface area contributed by atoms with Gasteiger partial charge in [0.05, 0.1) is 12.3 Å². The zero-order chi connectivity index (χ0) is 21.8. The second kappa shape index (κ2) is 9.43. The summed E-state index contributed by atoms with van der Waals surface area (Å²) in [5, 5.41) is 0.569. The summed E-state index contributed by atoms with van der Waals surface area (Å²) in [5.41, 5.74) is 2.00. The van der Waals surface area contributed by atoms with Gasteiger partial charge in [0.15, 0.2) is 0 Å². The van der Waals surface area contributed by atoms with Crippen molar-refractivity contribution in [2.75, 3.05) is 18.1 Å². The molecule has 1 fully saturated rings. The molecule has 1 aromatic heterocycles. The summed E-state index contributed by atoms with van der Waals surface area (Å²) in [4.78, 5) is 26.5. The smallest absolute Gasteiger partial charge is 0.342 e. The largest absolute Gasteiger partial charge is 0.462 e. The number of hydrogen-bond acceptors (Lipinski definition) is 4. The van der Waals surface area contributed by atoms with Gasteiger partial charge < -0.3 is 14.1 Å². The molecule has 158 valence electrons. The number of carbonyl (C=O) groups is 2. The Morgan fingerprint density at radius 1 is 1.23 bits per heavy atom. The minimum atomic E-state index is -0.516. The van der Waals surface area contributed by atoms with Crippen molar-refractivity contribution in [3.8, 4) is 11.3 Å². The van der Waals surface area contributed by atoms with Crippen LogP contribution in [0.2, 0.25) is 0 Å². The van der Waals surface area contributed by atoms with Crippen LogP contribution in [0.5, 0.6) is 0 Å². The fraction of sp³-hybridized carbons (Fsp3) is 0.304. The van der Waals surface area contributed by atoms with Crippen molar-refractivity contribution in [2.45, 2.75) is 33.6 Å². The van der Waals surface area contributed by atoms with Crippen LogP contribution in [0.1, 0.15) is 44.0 Å². The van der Waals surface area contributed by atoms with E-state index in [0.29, 0.717) is 45.4 Å². The third-order valence-corrected chi connectivity index (χ3v) is 5.34. The third kappa shape index (κ3) is 4.12. The van der Waals surface area contributed by atoms with Crippen LogP contribution in [0.15, 0.2) is 45.3 Å². The van der Waals surface area contributed by atoms with E-state index in [1.165, 1.54) is 12.1 Å². The van der Waals surface area contributed by atoms with Gasteiger partial charge in [-0.2, -0.15) is 0 Å². The maximum atomic E-state index is 13.3. The van der Waals surface area contributed by atoms with Crippen LogP contribution in [-0.4, -0.2) is 25.0 Å². The Kier molecular flexibility index (Phi) is 6.92. The van der Waals surface area contributed by atoms with E-state index in [0.717, 1.165) is 6.42 Å². The van der Waals surface area contributed by atoms with Crippen molar-refractivity contribution in [3.05, 3.63) is 52.3 Å². The highest BCUT2D eigenvalue weighted by Crippen LogP contribution is 2.40. The van der Waals surface area contributed by atoms with Crippen molar-refractivity contribution in [1.29, 1.82) is 0 Å². The molecule has 3 aromatic rings. The molecule has 2 heterocycles. The van der Waals surface area contributed by atoms with Gasteiger partial charge in [0, 0.05) is 34.5 Å². The number of carbonyl (C=O) groups excluding carboxylic acids is 2. The number of fused-ring (bicyclic) bond motifs is 1. The van der Waals surface area contributed by atoms with Gasteiger partial charge in [-0.15, -0.1) is 0 Å². The molecule has 1 amide bonds. The van der Waals surface area contributed by atoms with E-state index in [2.05, 4.69) is 15.9 Å². The van der Waals surface area contributed by atoms with Gasteiger partial charge in [0.1, 0.15) is 22.7 Å². The average Bonchev–Trinajstić information content (AvgIpc) is 3.32. The Morgan fingerprint density at radius 2 is 1.93 bits per heavy atom. The van der Waals surface area contributed by atoms with Crippen LogP contribution in [0.25, 0.3) is 22.3 Å². The van der Waals surface area contributed by atoms with Crippen molar-refractivity contribution >= 4 is 44.5 Å². The maximum Gasteiger partial charge on any atom is 0.342 e. The van der Waals surface area contributed by atoms with Crippen molar-refractivity contribution in [3.63, 3.8) is 0 Å². The van der Waals surface area contributed by atoms with Gasteiger partial charge in [0.25, 0.3) is 0 Å². The number of benzene rings is 2. The number of esters is 1. The van der Waals surface area contributed by atoms with E-state index in [1.807, 2.05) is 13.8 Å². The SMILES string of the molecule is CC.CCOC(=O)c1c(-c2ccc(F)cc2)oc2cc(N3CCCC3=O)c(Br)cc12. The Labute approximate surface area is 182 Å². The molecule has 4 rings (SSSR count). The van der Waals surface area contributed by atoms with Crippen LogP contribution < -0.4 is 4.90 Å². The number of halogens is 2. The summed E-state index contributed by atoms with van der Waals surface area (Å²) in [6.07, 6.45) is 1.31. The van der Waals surface area contributed by atoms with Crippen molar-refractivity contribution < 1.29 is 23.1 Å².